The number of furan rings is 1. The average molecular weight is 376 g/mol. The first-order valence-electron chi connectivity index (χ1n) is 8.54. The van der Waals surface area contributed by atoms with Crippen LogP contribution in [0, 0.1) is 5.41 Å². The molecule has 2 aliphatic rings. The summed E-state index contributed by atoms with van der Waals surface area (Å²) in [7, 11) is 0. The van der Waals surface area contributed by atoms with Gasteiger partial charge in [-0.15, -0.1) is 10.2 Å². The summed E-state index contributed by atoms with van der Waals surface area (Å²) in [5.74, 6) is 0.0633. The lowest BCUT2D eigenvalue weighted by Gasteiger charge is -2.20. The molecule has 2 amide bonds. The second-order valence-electron chi connectivity index (χ2n) is 7.43. The maximum atomic E-state index is 12.7. The van der Waals surface area contributed by atoms with Crippen molar-refractivity contribution >= 4 is 28.3 Å². The van der Waals surface area contributed by atoms with Crippen LogP contribution in [-0.4, -0.2) is 41.8 Å². The van der Waals surface area contributed by atoms with E-state index < -0.39 is 5.91 Å². The van der Waals surface area contributed by atoms with Gasteiger partial charge in [0.15, 0.2) is 0 Å². The van der Waals surface area contributed by atoms with Crippen LogP contribution in [0.1, 0.15) is 57.7 Å². The highest BCUT2D eigenvalue weighted by atomic mass is 32.1. The molecule has 1 fully saturated rings. The van der Waals surface area contributed by atoms with E-state index in [1.54, 1.807) is 0 Å². The molecule has 138 valence electrons. The fraction of sp³-hybridized carbons (Fsp3) is 0.529. The van der Waals surface area contributed by atoms with Gasteiger partial charge in [-0.25, -0.2) is 0 Å². The van der Waals surface area contributed by atoms with Crippen molar-refractivity contribution in [2.75, 3.05) is 25.1 Å². The summed E-state index contributed by atoms with van der Waals surface area (Å²) in [6.45, 7) is 5.97. The molecule has 8 nitrogen and oxygen atoms in total. The topological polar surface area (TPSA) is 106 Å². The van der Waals surface area contributed by atoms with Gasteiger partial charge in [0, 0.05) is 25.5 Å². The monoisotopic (exact) mass is 376 g/mol. The predicted octanol–water partition coefficient (Wildman–Crippen LogP) is 2.20. The number of nitrogens with one attached hydrogen (secondary N) is 2. The molecule has 4 rings (SSSR count). The van der Waals surface area contributed by atoms with Gasteiger partial charge in [-0.2, -0.15) is 0 Å². The van der Waals surface area contributed by atoms with Gasteiger partial charge in [-0.1, -0.05) is 25.2 Å². The molecule has 1 unspecified atom stereocenters. The van der Waals surface area contributed by atoms with Crippen LogP contribution in [0.25, 0.3) is 0 Å². The summed E-state index contributed by atoms with van der Waals surface area (Å²) < 4.78 is 10.9. The molecule has 0 saturated carbocycles. The number of carbonyl (C=O) groups excluding carboxylic acids is 2. The van der Waals surface area contributed by atoms with Crippen LogP contribution in [-0.2, 0) is 11.2 Å². The minimum Gasteiger partial charge on any atom is -0.468 e. The zero-order valence-electron chi connectivity index (χ0n) is 14.6. The van der Waals surface area contributed by atoms with Crippen LogP contribution in [0.4, 0.5) is 5.13 Å². The molecule has 1 atom stereocenters. The van der Waals surface area contributed by atoms with Gasteiger partial charge in [-0.05, 0) is 11.8 Å². The summed E-state index contributed by atoms with van der Waals surface area (Å²) in [5.41, 5.74) is 0.391. The van der Waals surface area contributed by atoms with Crippen molar-refractivity contribution < 1.29 is 18.7 Å². The molecule has 9 heteroatoms. The van der Waals surface area contributed by atoms with Gasteiger partial charge in [0.1, 0.15) is 17.0 Å². The summed E-state index contributed by atoms with van der Waals surface area (Å²) in [5, 5.41) is 15.0. The van der Waals surface area contributed by atoms with Crippen molar-refractivity contribution in [3.63, 3.8) is 0 Å². The molecular formula is C17H20N4O4S. The molecule has 2 N–H and O–H groups in total. The Morgan fingerprint density at radius 2 is 2.27 bits per heavy atom. The van der Waals surface area contributed by atoms with Crippen molar-refractivity contribution in [2.45, 2.75) is 32.6 Å². The van der Waals surface area contributed by atoms with Crippen LogP contribution >= 0.6 is 11.3 Å². The third-order valence-corrected chi connectivity index (χ3v) is 5.65. The fourth-order valence-electron chi connectivity index (χ4n) is 3.19. The second-order valence-corrected chi connectivity index (χ2v) is 8.44. The lowest BCUT2D eigenvalue weighted by Crippen LogP contribution is -2.32. The SMILES string of the molecule is CC1(C)CNC(=O)c2c(C(=O)Nc3nnc(C4CCOC4)s3)coc2C1. The molecule has 2 aromatic heterocycles. The van der Waals surface area contributed by atoms with E-state index >= 15 is 0 Å². The van der Waals surface area contributed by atoms with E-state index in [2.05, 4.69) is 20.8 Å². The minimum absolute atomic E-state index is 0.135. The number of hydrogen-bond acceptors (Lipinski definition) is 7. The Kier molecular flexibility index (Phi) is 4.28. The standard InChI is InChI=1S/C17H20N4O4S/c1-17(2)5-11-12(14(23)18-8-17)10(7-25-11)13(22)19-16-21-20-15(26-16)9-3-4-24-6-9/h7,9H,3-6,8H2,1-2H3,(H,18,23)(H,19,21,22). The van der Waals surface area contributed by atoms with Crippen molar-refractivity contribution in [2.24, 2.45) is 5.41 Å². The highest BCUT2D eigenvalue weighted by Gasteiger charge is 2.33. The van der Waals surface area contributed by atoms with Crippen molar-refractivity contribution in [1.82, 2.24) is 15.5 Å². The lowest BCUT2D eigenvalue weighted by molar-refractivity contribution is 0.0934. The Hall–Kier alpha value is -2.26. The Morgan fingerprint density at radius 3 is 3.04 bits per heavy atom. The maximum absolute atomic E-state index is 12.7. The molecular weight excluding hydrogens is 356 g/mol. The number of carbonyl (C=O) groups is 2. The van der Waals surface area contributed by atoms with Gasteiger partial charge in [0.05, 0.1) is 17.7 Å². The molecule has 2 aromatic rings. The first kappa shape index (κ1) is 17.2. The predicted molar refractivity (Wildman–Crippen MR) is 94.6 cm³/mol. The van der Waals surface area contributed by atoms with Gasteiger partial charge in [0.2, 0.25) is 5.13 Å². The molecule has 26 heavy (non-hydrogen) atoms. The fourth-order valence-corrected chi connectivity index (χ4v) is 4.05. The molecule has 0 radical (unpaired) electrons. The van der Waals surface area contributed by atoms with E-state index in [4.69, 9.17) is 9.15 Å². The van der Waals surface area contributed by atoms with Gasteiger partial charge >= 0.3 is 0 Å². The molecule has 0 aliphatic carbocycles. The first-order valence-corrected chi connectivity index (χ1v) is 9.36. The van der Waals surface area contributed by atoms with E-state index in [9.17, 15) is 9.59 Å². The van der Waals surface area contributed by atoms with Gasteiger partial charge in [0.25, 0.3) is 11.8 Å². The highest BCUT2D eigenvalue weighted by Crippen LogP contribution is 2.31. The largest absolute Gasteiger partial charge is 0.468 e. The lowest BCUT2D eigenvalue weighted by atomic mass is 9.88. The Labute approximate surface area is 154 Å². The number of aromatic nitrogens is 2. The van der Waals surface area contributed by atoms with Crippen LogP contribution in [0.3, 0.4) is 0 Å². The minimum atomic E-state index is -0.421. The smallest absolute Gasteiger partial charge is 0.261 e. The summed E-state index contributed by atoms with van der Waals surface area (Å²) in [4.78, 5) is 25.1. The van der Waals surface area contributed by atoms with E-state index in [1.165, 1.54) is 17.6 Å². The number of anilines is 1. The summed E-state index contributed by atoms with van der Waals surface area (Å²) >= 11 is 1.33. The number of rotatable bonds is 3. The summed E-state index contributed by atoms with van der Waals surface area (Å²) in [6.07, 6.45) is 2.83. The van der Waals surface area contributed by atoms with Crippen LogP contribution in [0.15, 0.2) is 10.7 Å². The maximum Gasteiger partial charge on any atom is 0.261 e. The zero-order chi connectivity index (χ0) is 18.3. The van der Waals surface area contributed by atoms with Crippen molar-refractivity contribution in [3.8, 4) is 0 Å². The highest BCUT2D eigenvalue weighted by molar-refractivity contribution is 7.15. The van der Waals surface area contributed by atoms with Gasteiger partial charge in [-0.3, -0.25) is 14.9 Å². The van der Waals surface area contributed by atoms with Crippen molar-refractivity contribution in [3.05, 3.63) is 28.2 Å². The number of fused-ring (bicyclic) bond motifs is 1. The van der Waals surface area contributed by atoms with Crippen molar-refractivity contribution in [1.29, 1.82) is 0 Å². The number of hydrogen-bond donors (Lipinski definition) is 2. The zero-order valence-corrected chi connectivity index (χ0v) is 15.4. The third kappa shape index (κ3) is 3.24. The van der Waals surface area contributed by atoms with Crippen LogP contribution in [0.5, 0.6) is 0 Å². The van der Waals surface area contributed by atoms with E-state index in [1.807, 2.05) is 13.8 Å². The normalized spacial score (nSPS) is 21.8. The van der Waals surface area contributed by atoms with Gasteiger partial charge < -0.3 is 14.5 Å². The second kappa shape index (κ2) is 6.48. The number of ether oxygens (including phenoxy) is 1. The molecule has 2 aliphatic heterocycles. The Morgan fingerprint density at radius 1 is 1.42 bits per heavy atom. The summed E-state index contributed by atoms with van der Waals surface area (Å²) in [6, 6.07) is 0. The van der Waals surface area contributed by atoms with E-state index in [0.717, 1.165) is 18.0 Å². The molecule has 1 saturated heterocycles. The van der Waals surface area contributed by atoms with E-state index in [0.29, 0.717) is 36.0 Å². The Balaban J connectivity index is 1.54. The quantitative estimate of drug-likeness (QED) is 0.851. The molecule has 4 heterocycles. The van der Waals surface area contributed by atoms with Crippen LogP contribution < -0.4 is 10.6 Å². The molecule has 0 bridgehead atoms. The Bertz CT molecular complexity index is 851. The molecule has 0 aromatic carbocycles. The third-order valence-electron chi connectivity index (χ3n) is 4.65. The van der Waals surface area contributed by atoms with Crippen LogP contribution in [0.2, 0.25) is 0 Å². The number of nitrogens with zero attached hydrogens (tertiary/aromatic N) is 2. The molecule has 0 spiro atoms. The number of amides is 2. The van der Waals surface area contributed by atoms with E-state index in [-0.39, 0.29) is 22.8 Å². The average Bonchev–Trinajstić information content (AvgIpc) is 3.31. The first-order chi connectivity index (χ1) is 12.4.